The Hall–Kier alpha value is -2.34. The number of hydrogen-bond acceptors (Lipinski definition) is 4. The van der Waals surface area contributed by atoms with Gasteiger partial charge in [-0.15, -0.1) is 0 Å². The molecule has 0 unspecified atom stereocenters. The van der Waals surface area contributed by atoms with Gasteiger partial charge in [0.15, 0.2) is 6.61 Å². The molecule has 0 saturated carbocycles. The first-order chi connectivity index (χ1) is 11.0. The summed E-state index contributed by atoms with van der Waals surface area (Å²) in [6.45, 7) is 1.54. The molecule has 0 atom stereocenters. The van der Waals surface area contributed by atoms with Crippen LogP contribution in [0.2, 0.25) is 0 Å². The average Bonchev–Trinajstić information content (AvgIpc) is 2.54. The van der Waals surface area contributed by atoms with Gasteiger partial charge in [0.2, 0.25) is 0 Å². The lowest BCUT2D eigenvalue weighted by atomic mass is 10.2. The van der Waals surface area contributed by atoms with Crippen LogP contribution in [0.15, 0.2) is 46.9 Å². The predicted molar refractivity (Wildman–Crippen MR) is 90.8 cm³/mol. The van der Waals surface area contributed by atoms with E-state index in [9.17, 15) is 9.59 Å². The van der Waals surface area contributed by atoms with Crippen LogP contribution in [0.3, 0.4) is 0 Å². The fourth-order valence-corrected chi connectivity index (χ4v) is 2.45. The molecule has 0 radical (unpaired) electrons. The number of carbonyl (C=O) groups excluding carboxylic acids is 2. The van der Waals surface area contributed by atoms with E-state index in [-0.39, 0.29) is 12.5 Å². The molecule has 0 saturated heterocycles. The molecular formula is C17H16BrNO4. The van der Waals surface area contributed by atoms with Gasteiger partial charge >= 0.3 is 5.97 Å². The van der Waals surface area contributed by atoms with Gasteiger partial charge in [0, 0.05) is 5.69 Å². The number of amides is 1. The maximum absolute atomic E-state index is 12.0. The lowest BCUT2D eigenvalue weighted by Gasteiger charge is -2.09. The molecule has 0 fully saturated rings. The number of para-hydroxylation sites is 1. The maximum atomic E-state index is 12.0. The summed E-state index contributed by atoms with van der Waals surface area (Å²) in [5, 5.41) is 2.70. The van der Waals surface area contributed by atoms with E-state index in [2.05, 4.69) is 21.2 Å². The zero-order valence-corrected chi connectivity index (χ0v) is 14.3. The Morgan fingerprint density at radius 3 is 2.57 bits per heavy atom. The Balaban J connectivity index is 1.92. The molecule has 1 amide bonds. The van der Waals surface area contributed by atoms with Crippen LogP contribution in [0.5, 0.6) is 5.75 Å². The standard InChI is InChI=1S/C17H16BrNO4/c1-11-5-3-4-6-14(11)19-16(20)10-23-17(21)12-7-8-15(22-2)13(18)9-12/h3-9H,10H2,1-2H3,(H,19,20). The number of ether oxygens (including phenoxy) is 2. The molecule has 0 aliphatic heterocycles. The maximum Gasteiger partial charge on any atom is 0.338 e. The van der Waals surface area contributed by atoms with Crippen molar-refractivity contribution >= 4 is 33.5 Å². The summed E-state index contributed by atoms with van der Waals surface area (Å²) in [6, 6.07) is 12.2. The zero-order chi connectivity index (χ0) is 16.8. The minimum atomic E-state index is -0.576. The summed E-state index contributed by atoms with van der Waals surface area (Å²) >= 11 is 3.30. The Kier molecular flexibility index (Phi) is 5.76. The fourth-order valence-electron chi connectivity index (χ4n) is 1.91. The van der Waals surface area contributed by atoms with Crippen LogP contribution in [0.1, 0.15) is 15.9 Å². The third kappa shape index (κ3) is 4.56. The van der Waals surface area contributed by atoms with Crippen LogP contribution >= 0.6 is 15.9 Å². The Bertz CT molecular complexity index is 730. The van der Waals surface area contributed by atoms with E-state index in [1.54, 1.807) is 24.3 Å². The lowest BCUT2D eigenvalue weighted by Crippen LogP contribution is -2.21. The van der Waals surface area contributed by atoms with Gasteiger partial charge in [-0.05, 0) is 52.7 Å². The predicted octanol–water partition coefficient (Wildman–Crippen LogP) is 3.56. The molecule has 0 spiro atoms. The van der Waals surface area contributed by atoms with E-state index in [0.29, 0.717) is 21.5 Å². The second-order valence-corrected chi connectivity index (χ2v) is 5.64. The normalized spacial score (nSPS) is 10.0. The number of nitrogens with one attached hydrogen (secondary N) is 1. The van der Waals surface area contributed by atoms with Gasteiger partial charge in [-0.1, -0.05) is 18.2 Å². The van der Waals surface area contributed by atoms with Crippen molar-refractivity contribution in [3.8, 4) is 5.75 Å². The third-order valence-electron chi connectivity index (χ3n) is 3.14. The second kappa shape index (κ2) is 7.78. The highest BCUT2D eigenvalue weighted by molar-refractivity contribution is 9.10. The van der Waals surface area contributed by atoms with E-state index >= 15 is 0 Å². The highest BCUT2D eigenvalue weighted by Crippen LogP contribution is 2.25. The smallest absolute Gasteiger partial charge is 0.338 e. The lowest BCUT2D eigenvalue weighted by molar-refractivity contribution is -0.119. The first kappa shape index (κ1) is 17.0. The number of halogens is 1. The molecule has 2 aromatic carbocycles. The Morgan fingerprint density at radius 2 is 1.91 bits per heavy atom. The molecule has 2 aromatic rings. The number of rotatable bonds is 5. The molecule has 6 heteroatoms. The van der Waals surface area contributed by atoms with Crippen molar-refractivity contribution in [2.75, 3.05) is 19.0 Å². The van der Waals surface area contributed by atoms with E-state index in [1.807, 2.05) is 25.1 Å². The SMILES string of the molecule is COc1ccc(C(=O)OCC(=O)Nc2ccccc2C)cc1Br. The van der Waals surface area contributed by atoms with Gasteiger partial charge < -0.3 is 14.8 Å². The summed E-state index contributed by atoms with van der Waals surface area (Å²) in [5.41, 5.74) is 1.97. The number of hydrogen-bond donors (Lipinski definition) is 1. The highest BCUT2D eigenvalue weighted by atomic mass is 79.9. The quantitative estimate of drug-likeness (QED) is 0.809. The molecule has 0 bridgehead atoms. The van der Waals surface area contributed by atoms with Gasteiger partial charge in [0.05, 0.1) is 17.1 Å². The summed E-state index contributed by atoms with van der Waals surface area (Å²) in [6.07, 6.45) is 0. The molecule has 2 rings (SSSR count). The summed E-state index contributed by atoms with van der Waals surface area (Å²) in [5.74, 6) is -0.354. The van der Waals surface area contributed by atoms with Crippen molar-refractivity contribution in [2.45, 2.75) is 6.92 Å². The van der Waals surface area contributed by atoms with Crippen molar-refractivity contribution in [3.05, 3.63) is 58.1 Å². The van der Waals surface area contributed by atoms with E-state index in [4.69, 9.17) is 9.47 Å². The molecule has 0 aliphatic rings. The van der Waals surface area contributed by atoms with E-state index in [1.165, 1.54) is 7.11 Å². The van der Waals surface area contributed by atoms with Crippen molar-refractivity contribution in [1.82, 2.24) is 0 Å². The monoisotopic (exact) mass is 377 g/mol. The number of aryl methyl sites for hydroxylation is 1. The van der Waals surface area contributed by atoms with E-state index in [0.717, 1.165) is 5.56 Å². The molecule has 0 heterocycles. The van der Waals surface area contributed by atoms with Gasteiger partial charge in [0.25, 0.3) is 5.91 Å². The van der Waals surface area contributed by atoms with Crippen LogP contribution in [0, 0.1) is 6.92 Å². The third-order valence-corrected chi connectivity index (χ3v) is 3.76. The number of methoxy groups -OCH3 is 1. The molecule has 0 aromatic heterocycles. The topological polar surface area (TPSA) is 64.6 Å². The molecule has 5 nitrogen and oxygen atoms in total. The number of benzene rings is 2. The van der Waals surface area contributed by atoms with Crippen molar-refractivity contribution in [1.29, 1.82) is 0 Å². The molecule has 120 valence electrons. The second-order valence-electron chi connectivity index (χ2n) is 4.79. The van der Waals surface area contributed by atoms with Crippen molar-refractivity contribution in [3.63, 3.8) is 0 Å². The van der Waals surface area contributed by atoms with Gasteiger partial charge in [0.1, 0.15) is 5.75 Å². The molecule has 23 heavy (non-hydrogen) atoms. The number of esters is 1. The number of carbonyl (C=O) groups is 2. The highest BCUT2D eigenvalue weighted by Gasteiger charge is 2.12. The van der Waals surface area contributed by atoms with Crippen LogP contribution < -0.4 is 10.1 Å². The van der Waals surface area contributed by atoms with Crippen LogP contribution in [-0.2, 0) is 9.53 Å². The van der Waals surface area contributed by atoms with Gasteiger partial charge in [-0.2, -0.15) is 0 Å². The summed E-state index contributed by atoms with van der Waals surface area (Å²) in [7, 11) is 1.54. The van der Waals surface area contributed by atoms with Gasteiger partial charge in [-0.3, -0.25) is 4.79 Å². The van der Waals surface area contributed by atoms with Crippen LogP contribution in [0.25, 0.3) is 0 Å². The zero-order valence-electron chi connectivity index (χ0n) is 12.8. The van der Waals surface area contributed by atoms with Crippen molar-refractivity contribution in [2.24, 2.45) is 0 Å². The van der Waals surface area contributed by atoms with Crippen LogP contribution in [-0.4, -0.2) is 25.6 Å². The average molecular weight is 378 g/mol. The number of anilines is 1. The summed E-state index contributed by atoms with van der Waals surface area (Å²) < 4.78 is 10.7. The van der Waals surface area contributed by atoms with Gasteiger partial charge in [-0.25, -0.2) is 4.79 Å². The largest absolute Gasteiger partial charge is 0.496 e. The molecule has 1 N–H and O–H groups in total. The van der Waals surface area contributed by atoms with Crippen molar-refractivity contribution < 1.29 is 19.1 Å². The minimum absolute atomic E-state index is 0.335. The first-order valence-corrected chi connectivity index (χ1v) is 7.66. The summed E-state index contributed by atoms with van der Waals surface area (Å²) in [4.78, 5) is 23.8. The first-order valence-electron chi connectivity index (χ1n) is 6.87. The van der Waals surface area contributed by atoms with Crippen LogP contribution in [0.4, 0.5) is 5.69 Å². The van der Waals surface area contributed by atoms with E-state index < -0.39 is 5.97 Å². The fraction of sp³-hybridized carbons (Fsp3) is 0.176. The Labute approximate surface area is 142 Å². The minimum Gasteiger partial charge on any atom is -0.496 e. The molecule has 0 aliphatic carbocycles. The molecular weight excluding hydrogens is 362 g/mol. The Morgan fingerprint density at radius 1 is 1.17 bits per heavy atom.